The maximum atomic E-state index is 9.99. The first-order chi connectivity index (χ1) is 9.54. The highest BCUT2D eigenvalue weighted by atomic mass is 16.4. The number of rotatable bonds is 1. The van der Waals surface area contributed by atoms with Gasteiger partial charge in [0.25, 0.3) is 0 Å². The number of phenolic OH excluding ortho intramolecular Hbond substituents is 3. The molecular weight excluding hydrogens is 260 g/mol. The molecule has 0 saturated carbocycles. The smallest absolute Gasteiger partial charge is 0.401 e. The minimum Gasteiger partial charge on any atom is -0.508 e. The molecule has 0 aliphatic heterocycles. The third-order valence-corrected chi connectivity index (χ3v) is 2.97. The molecule has 3 aromatic rings. The summed E-state index contributed by atoms with van der Waals surface area (Å²) in [6.45, 7) is 0. The van der Waals surface area contributed by atoms with E-state index in [1.165, 1.54) is 30.3 Å². The van der Waals surface area contributed by atoms with Gasteiger partial charge in [-0.25, -0.2) is 4.42 Å². The summed E-state index contributed by atoms with van der Waals surface area (Å²) in [6.07, 6.45) is 0. The standard InChI is InChI=1S/C15H10O5/c16-10-3-1-8(2-4-10)15-13(19)6-9-5-11(17)12(18)7-14(9)20-15/h1-7H,(H3-,16,17,18,19)/p+1. The molecule has 2 aromatic carbocycles. The van der Waals surface area contributed by atoms with Crippen LogP contribution < -0.4 is 0 Å². The van der Waals surface area contributed by atoms with Crippen LogP contribution in [0.25, 0.3) is 22.3 Å². The molecule has 0 unspecified atom stereocenters. The monoisotopic (exact) mass is 271 g/mol. The second-order valence-corrected chi connectivity index (χ2v) is 4.39. The second-order valence-electron chi connectivity index (χ2n) is 4.39. The third kappa shape index (κ3) is 1.95. The summed E-state index contributed by atoms with van der Waals surface area (Å²) in [7, 11) is 0. The molecule has 4 N–H and O–H groups in total. The Morgan fingerprint density at radius 2 is 1.30 bits per heavy atom. The van der Waals surface area contributed by atoms with Gasteiger partial charge in [0, 0.05) is 12.1 Å². The highest BCUT2D eigenvalue weighted by molar-refractivity contribution is 5.84. The summed E-state index contributed by atoms with van der Waals surface area (Å²) in [5.41, 5.74) is 0.899. The molecule has 20 heavy (non-hydrogen) atoms. The van der Waals surface area contributed by atoms with Gasteiger partial charge in [0.05, 0.1) is 17.0 Å². The minimum atomic E-state index is -0.302. The topological polar surface area (TPSA) is 92.2 Å². The molecule has 0 spiro atoms. The van der Waals surface area contributed by atoms with Crippen molar-refractivity contribution in [3.63, 3.8) is 0 Å². The van der Waals surface area contributed by atoms with Crippen LogP contribution in [0.1, 0.15) is 0 Å². The molecule has 1 aromatic heterocycles. The lowest BCUT2D eigenvalue weighted by Gasteiger charge is -1.99. The maximum absolute atomic E-state index is 9.99. The molecule has 0 aliphatic rings. The Morgan fingerprint density at radius 1 is 0.700 bits per heavy atom. The molecule has 3 rings (SSSR count). The Labute approximate surface area is 113 Å². The van der Waals surface area contributed by atoms with Crippen molar-refractivity contribution in [2.45, 2.75) is 0 Å². The Kier molecular flexibility index (Phi) is 2.61. The summed E-state index contributed by atoms with van der Waals surface area (Å²) in [5.74, 6) is -0.374. The van der Waals surface area contributed by atoms with Gasteiger partial charge in [0.2, 0.25) is 5.75 Å². The first kappa shape index (κ1) is 12.1. The lowest BCUT2D eigenvalue weighted by molar-refractivity contribution is 0.403. The highest BCUT2D eigenvalue weighted by Gasteiger charge is 2.22. The molecule has 5 nitrogen and oxygen atoms in total. The van der Waals surface area contributed by atoms with Gasteiger partial charge < -0.3 is 20.4 Å². The lowest BCUT2D eigenvalue weighted by atomic mass is 10.1. The molecule has 100 valence electrons. The second kappa shape index (κ2) is 4.31. The average molecular weight is 271 g/mol. The van der Waals surface area contributed by atoms with Crippen LogP contribution >= 0.6 is 0 Å². The fourth-order valence-corrected chi connectivity index (χ4v) is 1.97. The van der Waals surface area contributed by atoms with Crippen molar-refractivity contribution < 1.29 is 24.8 Å². The van der Waals surface area contributed by atoms with Gasteiger partial charge in [-0.2, -0.15) is 0 Å². The van der Waals surface area contributed by atoms with E-state index in [0.717, 1.165) is 0 Å². The van der Waals surface area contributed by atoms with E-state index in [2.05, 4.69) is 0 Å². The first-order valence-corrected chi connectivity index (χ1v) is 5.86. The average Bonchev–Trinajstić information content (AvgIpc) is 2.41. The van der Waals surface area contributed by atoms with Crippen LogP contribution in [0.15, 0.2) is 46.9 Å². The van der Waals surface area contributed by atoms with E-state index in [4.69, 9.17) is 4.42 Å². The summed E-state index contributed by atoms with van der Waals surface area (Å²) < 4.78 is 5.55. The molecule has 0 bridgehead atoms. The van der Waals surface area contributed by atoms with Crippen LogP contribution in [0.4, 0.5) is 0 Å². The normalized spacial score (nSPS) is 10.8. The zero-order chi connectivity index (χ0) is 14.3. The van der Waals surface area contributed by atoms with Crippen molar-refractivity contribution in [3.05, 3.63) is 42.5 Å². The van der Waals surface area contributed by atoms with Crippen LogP contribution in [0, 0.1) is 0 Å². The van der Waals surface area contributed by atoms with Gasteiger partial charge in [-0.15, -0.1) is 0 Å². The van der Waals surface area contributed by atoms with Crippen molar-refractivity contribution >= 4 is 11.0 Å². The first-order valence-electron chi connectivity index (χ1n) is 5.86. The molecule has 0 radical (unpaired) electrons. The van der Waals surface area contributed by atoms with E-state index in [0.29, 0.717) is 16.5 Å². The SMILES string of the molecule is Oc1ccc(-c2[o+]c3cc(O)c(O)cc3cc2O)cc1. The highest BCUT2D eigenvalue weighted by Crippen LogP contribution is 2.37. The van der Waals surface area contributed by atoms with Crippen LogP contribution in [0.2, 0.25) is 0 Å². The number of hydrogen-bond donors (Lipinski definition) is 4. The van der Waals surface area contributed by atoms with Gasteiger partial charge in [-0.1, -0.05) is 0 Å². The van der Waals surface area contributed by atoms with Gasteiger partial charge in [0.15, 0.2) is 11.5 Å². The fourth-order valence-electron chi connectivity index (χ4n) is 1.97. The summed E-state index contributed by atoms with van der Waals surface area (Å²) in [5, 5.41) is 38.6. The van der Waals surface area contributed by atoms with Crippen molar-refractivity contribution in [1.82, 2.24) is 0 Å². The van der Waals surface area contributed by atoms with Crippen molar-refractivity contribution in [2.75, 3.05) is 0 Å². The van der Waals surface area contributed by atoms with E-state index >= 15 is 0 Å². The quantitative estimate of drug-likeness (QED) is 0.403. The fraction of sp³-hybridized carbons (Fsp3) is 0. The van der Waals surface area contributed by atoms with Crippen molar-refractivity contribution in [2.24, 2.45) is 0 Å². The number of phenols is 3. The lowest BCUT2D eigenvalue weighted by Crippen LogP contribution is -1.82. The number of aromatic hydroxyl groups is 4. The summed E-state index contributed by atoms with van der Waals surface area (Å²) >= 11 is 0. The van der Waals surface area contributed by atoms with Gasteiger partial charge in [-0.3, -0.25) is 0 Å². The largest absolute Gasteiger partial charge is 0.508 e. The molecule has 0 amide bonds. The van der Waals surface area contributed by atoms with E-state index in [1.807, 2.05) is 0 Å². The van der Waals surface area contributed by atoms with Crippen LogP contribution in [-0.2, 0) is 0 Å². The molecule has 0 atom stereocenters. The van der Waals surface area contributed by atoms with E-state index in [1.54, 1.807) is 12.1 Å². The summed E-state index contributed by atoms with van der Waals surface area (Å²) in [4.78, 5) is 0. The van der Waals surface area contributed by atoms with Gasteiger partial charge in [0.1, 0.15) is 5.75 Å². The Bertz CT molecular complexity index is 793. The van der Waals surface area contributed by atoms with Crippen LogP contribution in [0.3, 0.4) is 0 Å². The minimum absolute atomic E-state index is 0.103. The van der Waals surface area contributed by atoms with E-state index in [-0.39, 0.29) is 28.8 Å². The van der Waals surface area contributed by atoms with Gasteiger partial charge >= 0.3 is 11.3 Å². The third-order valence-electron chi connectivity index (χ3n) is 2.97. The van der Waals surface area contributed by atoms with E-state index < -0.39 is 0 Å². The number of benzene rings is 2. The Balaban J connectivity index is 2.23. The van der Waals surface area contributed by atoms with Crippen molar-refractivity contribution in [3.8, 4) is 34.3 Å². The van der Waals surface area contributed by atoms with E-state index in [9.17, 15) is 20.4 Å². The molecular formula is C15H11O5+. The summed E-state index contributed by atoms with van der Waals surface area (Å²) in [6, 6.07) is 10.1. The zero-order valence-electron chi connectivity index (χ0n) is 10.2. The number of fused-ring (bicyclic) bond motifs is 1. The van der Waals surface area contributed by atoms with Crippen molar-refractivity contribution in [1.29, 1.82) is 0 Å². The van der Waals surface area contributed by atoms with Gasteiger partial charge in [-0.05, 0) is 24.3 Å². The predicted octanol–water partition coefficient (Wildman–Crippen LogP) is 3.20. The molecule has 5 heteroatoms. The molecule has 0 saturated heterocycles. The maximum Gasteiger partial charge on any atom is 0.401 e. The molecule has 1 heterocycles. The predicted molar refractivity (Wildman–Crippen MR) is 72.7 cm³/mol. The molecule has 0 fully saturated rings. The Morgan fingerprint density at radius 3 is 2.00 bits per heavy atom. The molecule has 0 aliphatic carbocycles. The zero-order valence-corrected chi connectivity index (χ0v) is 10.2. The Hall–Kier alpha value is -2.95. The van der Waals surface area contributed by atoms with Crippen LogP contribution in [-0.4, -0.2) is 20.4 Å². The van der Waals surface area contributed by atoms with Crippen LogP contribution in [0.5, 0.6) is 23.0 Å². The number of hydrogen-bond acceptors (Lipinski definition) is 4.